The van der Waals surface area contributed by atoms with Crippen molar-refractivity contribution in [3.8, 4) is 0 Å². The number of carbonyl (C=O) groups is 2. The van der Waals surface area contributed by atoms with Crippen LogP contribution in [0.3, 0.4) is 0 Å². The van der Waals surface area contributed by atoms with E-state index in [1.54, 1.807) is 16.7 Å². The van der Waals surface area contributed by atoms with E-state index in [4.69, 9.17) is 4.74 Å². The van der Waals surface area contributed by atoms with Gasteiger partial charge < -0.3 is 19.9 Å². The van der Waals surface area contributed by atoms with Crippen LogP contribution in [0, 0.1) is 6.92 Å². The summed E-state index contributed by atoms with van der Waals surface area (Å²) in [6, 6.07) is 7.88. The standard InChI is InChI=1S/C16H23N3O3/c1-3-22-16(21)19-10-8-18(9-11-19)15(20)12-17-14-7-5-4-6-13(14)2/h4-7,17H,3,8-12H2,1-2H3. The SMILES string of the molecule is CCOC(=O)N1CCN(C(=O)CNc2ccccc2C)CC1. The Morgan fingerprint density at radius 3 is 2.41 bits per heavy atom. The van der Waals surface area contributed by atoms with Crippen LogP contribution in [0.1, 0.15) is 12.5 Å². The van der Waals surface area contributed by atoms with E-state index < -0.39 is 0 Å². The lowest BCUT2D eigenvalue weighted by Gasteiger charge is -2.34. The van der Waals surface area contributed by atoms with Crippen LogP contribution < -0.4 is 5.32 Å². The molecule has 120 valence electrons. The lowest BCUT2D eigenvalue weighted by molar-refractivity contribution is -0.130. The molecule has 0 bridgehead atoms. The number of aryl methyl sites for hydroxylation is 1. The molecule has 1 aliphatic heterocycles. The average molecular weight is 305 g/mol. The maximum absolute atomic E-state index is 12.2. The molecule has 1 aromatic carbocycles. The fourth-order valence-electron chi connectivity index (χ4n) is 2.41. The maximum Gasteiger partial charge on any atom is 0.409 e. The van der Waals surface area contributed by atoms with E-state index in [1.807, 2.05) is 31.2 Å². The summed E-state index contributed by atoms with van der Waals surface area (Å²) < 4.78 is 4.97. The number of anilines is 1. The van der Waals surface area contributed by atoms with Gasteiger partial charge in [-0.15, -0.1) is 0 Å². The van der Waals surface area contributed by atoms with E-state index in [9.17, 15) is 9.59 Å². The second kappa shape index (κ2) is 7.68. The number of nitrogens with one attached hydrogen (secondary N) is 1. The maximum atomic E-state index is 12.2. The third-order valence-corrected chi connectivity index (χ3v) is 3.73. The van der Waals surface area contributed by atoms with Gasteiger partial charge in [-0.05, 0) is 25.5 Å². The first kappa shape index (κ1) is 16.1. The summed E-state index contributed by atoms with van der Waals surface area (Å²) in [6.07, 6.45) is -0.298. The van der Waals surface area contributed by atoms with Crippen molar-refractivity contribution in [3.05, 3.63) is 29.8 Å². The Morgan fingerprint density at radius 1 is 1.14 bits per heavy atom. The predicted octanol–water partition coefficient (Wildman–Crippen LogP) is 1.71. The molecule has 0 saturated carbocycles. The Kier molecular flexibility index (Phi) is 5.63. The van der Waals surface area contributed by atoms with Crippen LogP contribution in [0.2, 0.25) is 0 Å². The first-order valence-corrected chi connectivity index (χ1v) is 7.60. The number of benzene rings is 1. The molecule has 0 spiro atoms. The minimum atomic E-state index is -0.298. The normalized spacial score (nSPS) is 14.6. The summed E-state index contributed by atoms with van der Waals surface area (Å²) in [6.45, 7) is 6.58. The summed E-state index contributed by atoms with van der Waals surface area (Å²) in [7, 11) is 0. The third-order valence-electron chi connectivity index (χ3n) is 3.73. The van der Waals surface area contributed by atoms with E-state index in [0.29, 0.717) is 32.8 Å². The number of nitrogens with zero attached hydrogens (tertiary/aromatic N) is 2. The van der Waals surface area contributed by atoms with Crippen LogP contribution in [-0.4, -0.2) is 61.1 Å². The number of carbonyl (C=O) groups excluding carboxylic acids is 2. The molecule has 1 aromatic rings. The summed E-state index contributed by atoms with van der Waals surface area (Å²) >= 11 is 0. The van der Waals surface area contributed by atoms with E-state index in [-0.39, 0.29) is 18.5 Å². The molecule has 22 heavy (non-hydrogen) atoms. The molecular weight excluding hydrogens is 282 g/mol. The highest BCUT2D eigenvalue weighted by Gasteiger charge is 2.24. The molecule has 2 rings (SSSR count). The lowest BCUT2D eigenvalue weighted by atomic mass is 10.2. The summed E-state index contributed by atoms with van der Waals surface area (Å²) in [5.74, 6) is 0.0479. The Morgan fingerprint density at radius 2 is 1.77 bits per heavy atom. The van der Waals surface area contributed by atoms with Crippen molar-refractivity contribution in [3.63, 3.8) is 0 Å². The molecule has 2 amide bonds. The molecule has 0 atom stereocenters. The molecule has 6 nitrogen and oxygen atoms in total. The van der Waals surface area contributed by atoms with Gasteiger partial charge in [0.1, 0.15) is 0 Å². The molecule has 1 saturated heterocycles. The van der Waals surface area contributed by atoms with Gasteiger partial charge in [0.2, 0.25) is 5.91 Å². The minimum absolute atomic E-state index is 0.0479. The summed E-state index contributed by atoms with van der Waals surface area (Å²) in [5, 5.41) is 3.17. The topological polar surface area (TPSA) is 61.9 Å². The quantitative estimate of drug-likeness (QED) is 0.920. The number of piperazine rings is 1. The second-order valence-electron chi connectivity index (χ2n) is 5.24. The number of rotatable bonds is 4. The molecule has 1 N–H and O–H groups in total. The van der Waals surface area contributed by atoms with Gasteiger partial charge in [-0.1, -0.05) is 18.2 Å². The Balaban J connectivity index is 1.78. The lowest BCUT2D eigenvalue weighted by Crippen LogP contribution is -2.51. The Bertz CT molecular complexity index is 525. The number of para-hydroxylation sites is 1. The molecule has 0 unspecified atom stereocenters. The fourth-order valence-corrected chi connectivity index (χ4v) is 2.41. The van der Waals surface area contributed by atoms with Crippen molar-refractivity contribution in [2.75, 3.05) is 44.6 Å². The predicted molar refractivity (Wildman–Crippen MR) is 84.8 cm³/mol. The zero-order valence-electron chi connectivity index (χ0n) is 13.2. The Hall–Kier alpha value is -2.24. The van der Waals surface area contributed by atoms with Crippen molar-refractivity contribution in [2.24, 2.45) is 0 Å². The van der Waals surface area contributed by atoms with Gasteiger partial charge in [0.25, 0.3) is 0 Å². The number of hydrogen-bond acceptors (Lipinski definition) is 4. The molecule has 1 aliphatic rings. The fraction of sp³-hybridized carbons (Fsp3) is 0.500. The van der Waals surface area contributed by atoms with Gasteiger partial charge in [-0.3, -0.25) is 4.79 Å². The van der Waals surface area contributed by atoms with Gasteiger partial charge in [-0.25, -0.2) is 4.79 Å². The first-order chi connectivity index (χ1) is 10.6. The van der Waals surface area contributed by atoms with Gasteiger partial charge >= 0.3 is 6.09 Å². The number of ether oxygens (including phenoxy) is 1. The van der Waals surface area contributed by atoms with Crippen LogP contribution in [0.25, 0.3) is 0 Å². The van der Waals surface area contributed by atoms with Crippen LogP contribution in [0.15, 0.2) is 24.3 Å². The van der Waals surface area contributed by atoms with Crippen LogP contribution in [0.4, 0.5) is 10.5 Å². The van der Waals surface area contributed by atoms with Crippen LogP contribution in [0.5, 0.6) is 0 Å². The van der Waals surface area contributed by atoms with Crippen molar-refractivity contribution >= 4 is 17.7 Å². The minimum Gasteiger partial charge on any atom is -0.450 e. The first-order valence-electron chi connectivity index (χ1n) is 7.60. The smallest absolute Gasteiger partial charge is 0.409 e. The van der Waals surface area contributed by atoms with Crippen LogP contribution in [-0.2, 0) is 9.53 Å². The highest BCUT2D eigenvalue weighted by Crippen LogP contribution is 2.13. The summed E-state index contributed by atoms with van der Waals surface area (Å²) in [5.41, 5.74) is 2.09. The summed E-state index contributed by atoms with van der Waals surface area (Å²) in [4.78, 5) is 27.2. The van der Waals surface area contributed by atoms with E-state index in [1.165, 1.54) is 0 Å². The zero-order chi connectivity index (χ0) is 15.9. The third kappa shape index (κ3) is 4.13. The van der Waals surface area contributed by atoms with Gasteiger partial charge in [0.15, 0.2) is 0 Å². The molecule has 0 aliphatic carbocycles. The van der Waals surface area contributed by atoms with Gasteiger partial charge in [-0.2, -0.15) is 0 Å². The van der Waals surface area contributed by atoms with E-state index in [0.717, 1.165) is 11.3 Å². The van der Waals surface area contributed by atoms with Crippen LogP contribution >= 0.6 is 0 Å². The highest BCUT2D eigenvalue weighted by atomic mass is 16.6. The second-order valence-corrected chi connectivity index (χ2v) is 5.24. The average Bonchev–Trinajstić information content (AvgIpc) is 2.54. The monoisotopic (exact) mass is 305 g/mol. The highest BCUT2D eigenvalue weighted by molar-refractivity contribution is 5.81. The largest absolute Gasteiger partial charge is 0.450 e. The van der Waals surface area contributed by atoms with Crippen molar-refractivity contribution in [1.82, 2.24) is 9.80 Å². The Labute approximate surface area is 131 Å². The number of hydrogen-bond donors (Lipinski definition) is 1. The van der Waals surface area contributed by atoms with Crippen molar-refractivity contribution < 1.29 is 14.3 Å². The molecular formula is C16H23N3O3. The van der Waals surface area contributed by atoms with Gasteiger partial charge in [0, 0.05) is 31.9 Å². The van der Waals surface area contributed by atoms with Gasteiger partial charge in [0.05, 0.1) is 13.2 Å². The molecule has 6 heteroatoms. The van der Waals surface area contributed by atoms with Crippen molar-refractivity contribution in [2.45, 2.75) is 13.8 Å². The van der Waals surface area contributed by atoms with Crippen molar-refractivity contribution in [1.29, 1.82) is 0 Å². The molecule has 1 fully saturated rings. The number of amides is 2. The molecule has 0 aromatic heterocycles. The van der Waals surface area contributed by atoms with E-state index in [2.05, 4.69) is 5.32 Å². The zero-order valence-corrected chi connectivity index (χ0v) is 13.2. The molecule has 0 radical (unpaired) electrons. The molecule has 1 heterocycles. The van der Waals surface area contributed by atoms with E-state index >= 15 is 0 Å².